The maximum absolute atomic E-state index is 11.8. The van der Waals surface area contributed by atoms with E-state index in [9.17, 15) is 13.2 Å². The normalized spacial score (nSPS) is 21.6. The van der Waals surface area contributed by atoms with E-state index in [4.69, 9.17) is 0 Å². The van der Waals surface area contributed by atoms with Gasteiger partial charge < -0.3 is 0 Å². The Labute approximate surface area is 118 Å². The van der Waals surface area contributed by atoms with Gasteiger partial charge in [-0.15, -0.1) is 0 Å². The molecule has 0 aromatic carbocycles. The van der Waals surface area contributed by atoms with E-state index in [-0.39, 0.29) is 23.2 Å². The second-order valence-electron chi connectivity index (χ2n) is 5.79. The van der Waals surface area contributed by atoms with Crippen LogP contribution in [-0.4, -0.2) is 25.7 Å². The topological polar surface area (TPSA) is 51.2 Å². The average molecular weight is 288 g/mol. The highest BCUT2D eigenvalue weighted by molar-refractivity contribution is 7.91. The Morgan fingerprint density at radius 2 is 1.58 bits per heavy atom. The summed E-state index contributed by atoms with van der Waals surface area (Å²) in [6.07, 6.45) is 10.9. The second kappa shape index (κ2) is 8.72. The Kier molecular flexibility index (Phi) is 7.66. The number of rotatable bonds is 10. The molecule has 1 rings (SSSR count). The van der Waals surface area contributed by atoms with Crippen LogP contribution in [0.2, 0.25) is 0 Å². The number of Topliss-reactive ketones (excluding diaryl/α,β-unsaturated/α-hetero) is 1. The molecule has 19 heavy (non-hydrogen) atoms. The van der Waals surface area contributed by atoms with Crippen LogP contribution in [0.15, 0.2) is 0 Å². The zero-order valence-corrected chi connectivity index (χ0v) is 13.0. The molecular formula is C15H28O3S. The van der Waals surface area contributed by atoms with Gasteiger partial charge in [0.15, 0.2) is 9.84 Å². The van der Waals surface area contributed by atoms with Crippen LogP contribution < -0.4 is 0 Å². The van der Waals surface area contributed by atoms with E-state index >= 15 is 0 Å². The fourth-order valence-corrected chi connectivity index (χ4v) is 4.46. The molecule has 0 aliphatic carbocycles. The summed E-state index contributed by atoms with van der Waals surface area (Å²) in [5, 5.41) is 0. The Hall–Kier alpha value is -0.380. The van der Waals surface area contributed by atoms with Gasteiger partial charge in [0.25, 0.3) is 0 Å². The summed E-state index contributed by atoms with van der Waals surface area (Å²) in [7, 11) is -2.91. The van der Waals surface area contributed by atoms with Gasteiger partial charge in [0.1, 0.15) is 5.78 Å². The number of carbonyl (C=O) groups is 1. The first kappa shape index (κ1) is 16.7. The summed E-state index contributed by atoms with van der Waals surface area (Å²) in [5.74, 6) is 0.283. The summed E-state index contributed by atoms with van der Waals surface area (Å²) in [6, 6.07) is 0. The molecular weight excluding hydrogens is 260 g/mol. The largest absolute Gasteiger partial charge is 0.299 e. The van der Waals surface area contributed by atoms with E-state index < -0.39 is 9.84 Å². The molecule has 1 fully saturated rings. The predicted molar refractivity (Wildman–Crippen MR) is 79.0 cm³/mol. The van der Waals surface area contributed by atoms with E-state index in [1.165, 1.54) is 38.5 Å². The molecule has 0 aromatic heterocycles. The lowest BCUT2D eigenvalue weighted by Crippen LogP contribution is -2.15. The molecule has 1 atom stereocenters. The minimum absolute atomic E-state index is 0.100. The molecule has 0 radical (unpaired) electrons. The van der Waals surface area contributed by atoms with Gasteiger partial charge >= 0.3 is 0 Å². The van der Waals surface area contributed by atoms with Crippen LogP contribution in [0.5, 0.6) is 0 Å². The molecule has 0 N–H and O–H groups in total. The lowest BCUT2D eigenvalue weighted by molar-refractivity contribution is -0.122. The van der Waals surface area contributed by atoms with Crippen molar-refractivity contribution in [2.24, 2.45) is 5.92 Å². The lowest BCUT2D eigenvalue weighted by Gasteiger charge is -2.06. The quantitative estimate of drug-likeness (QED) is 0.578. The van der Waals surface area contributed by atoms with Crippen molar-refractivity contribution in [3.8, 4) is 0 Å². The lowest BCUT2D eigenvalue weighted by atomic mass is 9.98. The fraction of sp³-hybridized carbons (Fsp3) is 0.933. The van der Waals surface area contributed by atoms with E-state index in [0.717, 1.165) is 12.8 Å². The summed E-state index contributed by atoms with van der Waals surface area (Å²) in [6.45, 7) is 2.22. The molecule has 0 spiro atoms. The van der Waals surface area contributed by atoms with Crippen LogP contribution in [0.25, 0.3) is 0 Å². The smallest absolute Gasteiger partial charge is 0.151 e. The van der Waals surface area contributed by atoms with Crippen molar-refractivity contribution >= 4 is 15.6 Å². The van der Waals surface area contributed by atoms with Gasteiger partial charge in [0.2, 0.25) is 0 Å². The maximum atomic E-state index is 11.8. The van der Waals surface area contributed by atoms with Crippen molar-refractivity contribution in [1.29, 1.82) is 0 Å². The molecule has 4 heteroatoms. The summed E-state index contributed by atoms with van der Waals surface area (Å²) in [5.41, 5.74) is 0. The average Bonchev–Trinajstić information content (AvgIpc) is 2.73. The number of sulfone groups is 1. The van der Waals surface area contributed by atoms with Crippen molar-refractivity contribution in [3.63, 3.8) is 0 Å². The molecule has 1 heterocycles. The van der Waals surface area contributed by atoms with Crippen LogP contribution in [0, 0.1) is 5.92 Å². The van der Waals surface area contributed by atoms with Crippen molar-refractivity contribution < 1.29 is 13.2 Å². The maximum Gasteiger partial charge on any atom is 0.151 e. The van der Waals surface area contributed by atoms with Crippen molar-refractivity contribution in [3.05, 3.63) is 0 Å². The number of hydrogen-bond donors (Lipinski definition) is 0. The molecule has 3 nitrogen and oxygen atoms in total. The zero-order chi connectivity index (χ0) is 14.1. The Morgan fingerprint density at radius 3 is 2.11 bits per heavy atom. The van der Waals surface area contributed by atoms with Gasteiger partial charge in [-0.25, -0.2) is 8.42 Å². The molecule has 1 unspecified atom stereocenters. The van der Waals surface area contributed by atoms with Crippen LogP contribution in [0.4, 0.5) is 0 Å². The Balaban J connectivity index is 1.99. The zero-order valence-electron chi connectivity index (χ0n) is 12.2. The van der Waals surface area contributed by atoms with E-state index in [1.807, 2.05) is 0 Å². The molecule has 0 amide bonds. The SMILES string of the molecule is CCCCCCCCCCC(=O)C1CCS(=O)(=O)C1. The summed E-state index contributed by atoms with van der Waals surface area (Å²) in [4.78, 5) is 11.8. The Morgan fingerprint density at radius 1 is 1.00 bits per heavy atom. The molecule has 0 aromatic rings. The highest BCUT2D eigenvalue weighted by Crippen LogP contribution is 2.21. The third-order valence-corrected chi connectivity index (χ3v) is 5.73. The highest BCUT2D eigenvalue weighted by Gasteiger charge is 2.32. The van der Waals surface area contributed by atoms with Crippen molar-refractivity contribution in [2.45, 2.75) is 71.1 Å². The van der Waals surface area contributed by atoms with Gasteiger partial charge in [-0.05, 0) is 12.8 Å². The predicted octanol–water partition coefficient (Wildman–Crippen LogP) is 3.52. The molecule has 0 bridgehead atoms. The Bertz CT molecular complexity index is 360. The van der Waals surface area contributed by atoms with Crippen LogP contribution in [0.3, 0.4) is 0 Å². The van der Waals surface area contributed by atoms with Gasteiger partial charge in [-0.1, -0.05) is 51.9 Å². The minimum atomic E-state index is -2.91. The first-order valence-corrected chi connectivity index (χ1v) is 9.60. The van der Waals surface area contributed by atoms with E-state index in [0.29, 0.717) is 12.8 Å². The van der Waals surface area contributed by atoms with Gasteiger partial charge in [-0.3, -0.25) is 4.79 Å². The molecule has 0 saturated carbocycles. The number of ketones is 1. The van der Waals surface area contributed by atoms with Crippen LogP contribution in [0.1, 0.15) is 71.1 Å². The van der Waals surface area contributed by atoms with Gasteiger partial charge in [-0.2, -0.15) is 0 Å². The fourth-order valence-electron chi connectivity index (χ4n) is 2.69. The van der Waals surface area contributed by atoms with E-state index in [2.05, 4.69) is 6.92 Å². The van der Waals surface area contributed by atoms with Crippen LogP contribution >= 0.6 is 0 Å². The minimum Gasteiger partial charge on any atom is -0.299 e. The summed E-state index contributed by atoms with van der Waals surface area (Å²) < 4.78 is 22.6. The highest BCUT2D eigenvalue weighted by atomic mass is 32.2. The first-order valence-electron chi connectivity index (χ1n) is 7.78. The third-order valence-electron chi connectivity index (χ3n) is 3.96. The second-order valence-corrected chi connectivity index (χ2v) is 8.02. The third kappa shape index (κ3) is 7.09. The number of carbonyl (C=O) groups excluding carboxylic acids is 1. The van der Waals surface area contributed by atoms with E-state index in [1.54, 1.807) is 0 Å². The first-order chi connectivity index (χ1) is 9.05. The standard InChI is InChI=1S/C15H28O3S/c1-2-3-4-5-6-7-8-9-10-15(16)14-11-12-19(17,18)13-14/h14H,2-13H2,1H3. The number of unbranched alkanes of at least 4 members (excludes halogenated alkanes) is 7. The molecule has 1 aliphatic heterocycles. The molecule has 1 aliphatic rings. The van der Waals surface area contributed by atoms with Crippen LogP contribution in [-0.2, 0) is 14.6 Å². The van der Waals surface area contributed by atoms with Crippen molar-refractivity contribution in [2.75, 3.05) is 11.5 Å². The molecule has 112 valence electrons. The summed E-state index contributed by atoms with van der Waals surface area (Å²) >= 11 is 0. The van der Waals surface area contributed by atoms with Gasteiger partial charge in [0.05, 0.1) is 11.5 Å². The monoisotopic (exact) mass is 288 g/mol. The van der Waals surface area contributed by atoms with Gasteiger partial charge in [0, 0.05) is 12.3 Å². The number of hydrogen-bond acceptors (Lipinski definition) is 3. The molecule has 1 saturated heterocycles. The van der Waals surface area contributed by atoms with Crippen molar-refractivity contribution in [1.82, 2.24) is 0 Å².